The van der Waals surface area contributed by atoms with E-state index in [1.807, 2.05) is 20.8 Å². The van der Waals surface area contributed by atoms with Crippen molar-refractivity contribution in [3.8, 4) is 0 Å². The quantitative estimate of drug-likeness (QED) is 0.606. The maximum absolute atomic E-state index is 11.1. The van der Waals surface area contributed by atoms with Crippen LogP contribution in [0.4, 0.5) is 0 Å². The average molecular weight is 205 g/mol. The number of allylic oxidation sites excluding steroid dienone is 1. The maximum Gasteiger partial charge on any atom is 0.155 e. The Labute approximate surface area is 89.2 Å². The van der Waals surface area contributed by atoms with Crippen LogP contribution in [-0.2, 0) is 4.79 Å². The van der Waals surface area contributed by atoms with Crippen LogP contribution in [0.3, 0.4) is 0 Å². The van der Waals surface area contributed by atoms with Crippen molar-refractivity contribution in [1.29, 1.82) is 0 Å². The molecule has 1 rings (SSSR count). The number of hydrogen-bond donors (Lipinski definition) is 1. The molecule has 0 bridgehead atoms. The second-order valence-corrected chi connectivity index (χ2v) is 3.47. The average Bonchev–Trinajstić information content (AvgIpc) is 2.49. The number of H-pyrrole nitrogens is 1. The van der Waals surface area contributed by atoms with Crippen LogP contribution in [0.25, 0.3) is 6.08 Å². The highest BCUT2D eigenvalue weighted by Crippen LogP contribution is 2.17. The molecule has 0 atom stereocenters. The number of aromatic nitrogens is 1. The van der Waals surface area contributed by atoms with Crippen molar-refractivity contribution in [2.24, 2.45) is 0 Å². The fourth-order valence-corrected chi connectivity index (χ4v) is 1.48. The smallest absolute Gasteiger partial charge is 0.155 e. The molecule has 0 aliphatic rings. The first-order valence-electron chi connectivity index (χ1n) is 4.95. The third-order valence-electron chi connectivity index (χ3n) is 2.38. The summed E-state index contributed by atoms with van der Waals surface area (Å²) >= 11 is 0. The molecule has 80 valence electrons. The molecule has 0 aliphatic carbocycles. The van der Waals surface area contributed by atoms with Crippen LogP contribution in [0.15, 0.2) is 6.08 Å². The molecule has 0 saturated heterocycles. The summed E-state index contributed by atoms with van der Waals surface area (Å²) in [5.74, 6) is 0.0603. The summed E-state index contributed by atoms with van der Waals surface area (Å²) in [5, 5.41) is 0. The van der Waals surface area contributed by atoms with E-state index in [0.717, 1.165) is 23.2 Å². The first-order chi connectivity index (χ1) is 7.10. The normalized spacial score (nSPS) is 10.9. The highest BCUT2D eigenvalue weighted by molar-refractivity contribution is 5.95. The Hall–Kier alpha value is -1.64. The highest BCUT2D eigenvalue weighted by Gasteiger charge is 2.08. The Balaban J connectivity index is 3.08. The number of nitrogens with one attached hydrogen (secondary N) is 1. The van der Waals surface area contributed by atoms with Crippen molar-refractivity contribution < 1.29 is 9.59 Å². The van der Waals surface area contributed by atoms with Crippen LogP contribution in [0.2, 0.25) is 0 Å². The van der Waals surface area contributed by atoms with Crippen molar-refractivity contribution in [2.45, 2.75) is 27.2 Å². The summed E-state index contributed by atoms with van der Waals surface area (Å²) in [6, 6.07) is 0. The van der Waals surface area contributed by atoms with Gasteiger partial charge >= 0.3 is 0 Å². The van der Waals surface area contributed by atoms with Gasteiger partial charge in [-0.3, -0.25) is 9.59 Å². The predicted octanol–water partition coefficient (Wildman–Crippen LogP) is 2.44. The lowest BCUT2D eigenvalue weighted by Gasteiger charge is -1.92. The lowest BCUT2D eigenvalue weighted by molar-refractivity contribution is -0.114. The molecular formula is C12H15NO2. The number of aryl methyl sites for hydroxylation is 2. The van der Waals surface area contributed by atoms with E-state index in [1.165, 1.54) is 6.08 Å². The summed E-state index contributed by atoms with van der Waals surface area (Å²) in [5.41, 5.74) is 3.19. The van der Waals surface area contributed by atoms with E-state index in [-0.39, 0.29) is 5.78 Å². The van der Waals surface area contributed by atoms with Crippen molar-refractivity contribution in [3.05, 3.63) is 28.6 Å². The fraction of sp³-hybridized carbons (Fsp3) is 0.333. The van der Waals surface area contributed by atoms with Gasteiger partial charge in [-0.05, 0) is 26.0 Å². The van der Waals surface area contributed by atoms with E-state index in [1.54, 1.807) is 6.08 Å². The molecule has 0 spiro atoms. The summed E-state index contributed by atoms with van der Waals surface area (Å²) in [4.78, 5) is 25.0. The van der Waals surface area contributed by atoms with Crippen LogP contribution >= 0.6 is 0 Å². The van der Waals surface area contributed by atoms with E-state index in [0.29, 0.717) is 12.0 Å². The molecule has 1 N–H and O–H groups in total. The molecule has 0 aromatic carbocycles. The third-order valence-corrected chi connectivity index (χ3v) is 2.38. The highest BCUT2D eigenvalue weighted by atomic mass is 16.1. The number of carbonyl (C=O) groups excluding carboxylic acids is 2. The Morgan fingerprint density at radius 2 is 1.87 bits per heavy atom. The molecule has 3 heteroatoms. The van der Waals surface area contributed by atoms with E-state index >= 15 is 0 Å². The van der Waals surface area contributed by atoms with Gasteiger partial charge in [-0.1, -0.05) is 6.92 Å². The molecule has 0 radical (unpaired) electrons. The first-order valence-corrected chi connectivity index (χ1v) is 4.95. The Morgan fingerprint density at radius 1 is 1.27 bits per heavy atom. The topological polar surface area (TPSA) is 49.9 Å². The Kier molecular flexibility index (Phi) is 3.61. The van der Waals surface area contributed by atoms with Crippen molar-refractivity contribution in [2.75, 3.05) is 0 Å². The van der Waals surface area contributed by atoms with E-state index < -0.39 is 0 Å². The second kappa shape index (κ2) is 4.73. The lowest BCUT2D eigenvalue weighted by atomic mass is 10.1. The summed E-state index contributed by atoms with van der Waals surface area (Å²) < 4.78 is 0. The third kappa shape index (κ3) is 2.43. The number of rotatable bonds is 4. The van der Waals surface area contributed by atoms with Gasteiger partial charge in [0.1, 0.15) is 0 Å². The minimum absolute atomic E-state index is 0.0603. The van der Waals surface area contributed by atoms with Gasteiger partial charge in [0.05, 0.1) is 0 Å². The van der Waals surface area contributed by atoms with Crippen LogP contribution in [0, 0.1) is 13.8 Å². The number of aromatic amines is 1. The molecule has 0 fully saturated rings. The van der Waals surface area contributed by atoms with Crippen LogP contribution < -0.4 is 0 Å². The summed E-state index contributed by atoms with van der Waals surface area (Å²) in [7, 11) is 0. The van der Waals surface area contributed by atoms with Gasteiger partial charge in [0.2, 0.25) is 0 Å². The number of ketones is 1. The number of aldehydes is 1. The van der Waals surface area contributed by atoms with Gasteiger partial charge in [-0.25, -0.2) is 0 Å². The van der Waals surface area contributed by atoms with Crippen molar-refractivity contribution in [3.63, 3.8) is 0 Å². The molecule has 1 aromatic heterocycles. The fourth-order valence-electron chi connectivity index (χ4n) is 1.48. The molecule has 0 unspecified atom stereocenters. The van der Waals surface area contributed by atoms with Crippen LogP contribution in [-0.4, -0.2) is 17.1 Å². The van der Waals surface area contributed by atoms with E-state index in [2.05, 4.69) is 4.98 Å². The summed E-state index contributed by atoms with van der Waals surface area (Å²) in [6.07, 6.45) is 4.52. The molecule has 3 nitrogen and oxygen atoms in total. The van der Waals surface area contributed by atoms with Crippen molar-refractivity contribution in [1.82, 2.24) is 4.98 Å². The molecular weight excluding hydrogens is 190 g/mol. The minimum Gasteiger partial charge on any atom is -0.362 e. The molecule has 15 heavy (non-hydrogen) atoms. The number of hydrogen-bond acceptors (Lipinski definition) is 2. The monoisotopic (exact) mass is 205 g/mol. The zero-order valence-electron chi connectivity index (χ0n) is 9.26. The standard InChI is InChI=1S/C12H15NO2/c1-4-10(15)5-6-11-8(2)13-9(3)12(11)7-14/h5-7,13H,4H2,1-3H3/b6-5+. The Morgan fingerprint density at radius 3 is 2.40 bits per heavy atom. The van der Waals surface area contributed by atoms with Gasteiger partial charge in [0, 0.05) is 28.9 Å². The first kappa shape index (κ1) is 11.4. The van der Waals surface area contributed by atoms with E-state index in [4.69, 9.17) is 0 Å². The SMILES string of the molecule is CCC(=O)/C=C/c1c(C)[nH]c(C)c1C=O. The van der Waals surface area contributed by atoms with Gasteiger partial charge in [0.15, 0.2) is 12.1 Å². The molecule has 0 aliphatic heterocycles. The molecule has 1 heterocycles. The summed E-state index contributed by atoms with van der Waals surface area (Å²) in [6.45, 7) is 5.54. The molecule has 0 saturated carbocycles. The van der Waals surface area contributed by atoms with Crippen LogP contribution in [0.5, 0.6) is 0 Å². The van der Waals surface area contributed by atoms with Crippen molar-refractivity contribution >= 4 is 18.1 Å². The second-order valence-electron chi connectivity index (χ2n) is 3.47. The van der Waals surface area contributed by atoms with Gasteiger partial charge in [0.25, 0.3) is 0 Å². The van der Waals surface area contributed by atoms with E-state index in [9.17, 15) is 9.59 Å². The van der Waals surface area contributed by atoms with Gasteiger partial charge < -0.3 is 4.98 Å². The Bertz CT molecular complexity index is 414. The van der Waals surface area contributed by atoms with Gasteiger partial charge in [-0.15, -0.1) is 0 Å². The molecule has 1 aromatic rings. The number of carbonyl (C=O) groups is 2. The lowest BCUT2D eigenvalue weighted by Crippen LogP contribution is -1.89. The largest absolute Gasteiger partial charge is 0.362 e. The minimum atomic E-state index is 0.0603. The molecule has 0 amide bonds. The zero-order valence-corrected chi connectivity index (χ0v) is 9.26. The predicted molar refractivity (Wildman–Crippen MR) is 60.0 cm³/mol. The zero-order chi connectivity index (χ0) is 11.4. The van der Waals surface area contributed by atoms with Gasteiger partial charge in [-0.2, -0.15) is 0 Å². The van der Waals surface area contributed by atoms with Crippen LogP contribution in [0.1, 0.15) is 40.7 Å². The maximum atomic E-state index is 11.1.